The third-order valence-electron chi connectivity index (χ3n) is 7.83. The molecule has 0 spiro atoms. The molecule has 40 heavy (non-hydrogen) atoms. The molecule has 0 radical (unpaired) electrons. The Kier molecular flexibility index (Phi) is 10.2. The van der Waals surface area contributed by atoms with Crippen molar-refractivity contribution in [3.05, 3.63) is 40.7 Å². The van der Waals surface area contributed by atoms with Crippen LogP contribution >= 0.6 is 11.8 Å². The monoisotopic (exact) mass is 594 g/mol. The summed E-state index contributed by atoms with van der Waals surface area (Å²) in [5.41, 5.74) is 0.449. The first-order chi connectivity index (χ1) is 19.0. The lowest BCUT2D eigenvalue weighted by Gasteiger charge is -2.40. The molecule has 2 fully saturated rings. The molecule has 2 aliphatic heterocycles. The largest absolute Gasteiger partial charge is 0.413 e. The zero-order valence-electron chi connectivity index (χ0n) is 23.8. The lowest BCUT2D eigenvalue weighted by molar-refractivity contribution is 0.0449. The summed E-state index contributed by atoms with van der Waals surface area (Å²) in [5.74, 6) is 1.61. The number of aliphatic hydroxyl groups is 1. The van der Waals surface area contributed by atoms with Crippen LogP contribution in [-0.4, -0.2) is 95.0 Å². The highest BCUT2D eigenvalue weighted by Gasteiger charge is 2.42. The zero-order chi connectivity index (χ0) is 29.0. The van der Waals surface area contributed by atoms with Crippen molar-refractivity contribution < 1.29 is 23.1 Å². The second-order valence-electron chi connectivity index (χ2n) is 11.1. The molecule has 2 unspecified atom stereocenters. The first kappa shape index (κ1) is 30.8. The first-order valence-electron chi connectivity index (χ1n) is 14.1. The maximum absolute atomic E-state index is 13.1. The SMILES string of the molecule is CCSCCN(CC(O)CN1[C@@H]2CC[C@H]1CC(NC(=O)Oc1cc3ccccc3n(C(C)C)c1=O)C2)S(C)(=O)=O. The summed E-state index contributed by atoms with van der Waals surface area (Å²) in [6, 6.07) is 9.30. The van der Waals surface area contributed by atoms with E-state index in [1.54, 1.807) is 22.4 Å². The summed E-state index contributed by atoms with van der Waals surface area (Å²) in [7, 11) is -3.41. The van der Waals surface area contributed by atoms with Crippen LogP contribution in [0.2, 0.25) is 0 Å². The number of nitrogens with one attached hydrogen (secondary N) is 1. The van der Waals surface area contributed by atoms with E-state index in [9.17, 15) is 23.1 Å². The molecule has 1 aromatic heterocycles. The Morgan fingerprint density at radius 1 is 1.23 bits per heavy atom. The van der Waals surface area contributed by atoms with E-state index in [1.807, 2.05) is 45.0 Å². The number of benzene rings is 1. The average Bonchev–Trinajstić information content (AvgIpc) is 3.10. The topological polar surface area (TPSA) is 121 Å². The van der Waals surface area contributed by atoms with Gasteiger partial charge in [-0.15, -0.1) is 0 Å². The fourth-order valence-corrected chi connectivity index (χ4v) is 7.69. The van der Waals surface area contributed by atoms with Crippen molar-refractivity contribution in [3.8, 4) is 5.75 Å². The molecule has 12 heteroatoms. The number of ether oxygens (including phenoxy) is 1. The molecule has 2 N–H and O–H groups in total. The van der Waals surface area contributed by atoms with Crippen molar-refractivity contribution in [3.63, 3.8) is 0 Å². The van der Waals surface area contributed by atoms with E-state index in [0.717, 1.165) is 29.5 Å². The van der Waals surface area contributed by atoms with Gasteiger partial charge in [0.15, 0.2) is 5.75 Å². The van der Waals surface area contributed by atoms with Crippen LogP contribution in [0.5, 0.6) is 5.75 Å². The van der Waals surface area contributed by atoms with E-state index in [0.29, 0.717) is 31.7 Å². The number of nitrogens with zero attached hydrogens (tertiary/aromatic N) is 3. The molecule has 4 rings (SSSR count). The molecule has 4 atom stereocenters. The number of piperidine rings is 1. The van der Waals surface area contributed by atoms with Gasteiger partial charge < -0.3 is 19.7 Å². The minimum absolute atomic E-state index is 0.00111. The Bertz CT molecular complexity index is 1330. The molecule has 2 aliphatic rings. The van der Waals surface area contributed by atoms with Crippen molar-refractivity contribution in [1.29, 1.82) is 0 Å². The van der Waals surface area contributed by atoms with Crippen molar-refractivity contribution in [1.82, 2.24) is 19.1 Å². The van der Waals surface area contributed by atoms with Gasteiger partial charge in [-0.25, -0.2) is 13.2 Å². The summed E-state index contributed by atoms with van der Waals surface area (Å²) in [6.45, 7) is 6.72. The Balaban J connectivity index is 1.35. The molecule has 0 saturated carbocycles. The van der Waals surface area contributed by atoms with Crippen LogP contribution < -0.4 is 15.6 Å². The Morgan fingerprint density at radius 3 is 2.52 bits per heavy atom. The van der Waals surface area contributed by atoms with Crippen LogP contribution in [0.3, 0.4) is 0 Å². The fourth-order valence-electron chi connectivity index (χ4n) is 6.07. The fraction of sp³-hybridized carbons (Fsp3) is 0.643. The van der Waals surface area contributed by atoms with E-state index in [1.165, 1.54) is 10.6 Å². The number of amides is 1. The lowest BCUT2D eigenvalue weighted by atomic mass is 9.97. The summed E-state index contributed by atoms with van der Waals surface area (Å²) in [5, 5.41) is 14.6. The number of carbonyl (C=O) groups is 1. The molecule has 2 saturated heterocycles. The van der Waals surface area contributed by atoms with Gasteiger partial charge in [0.05, 0.1) is 17.9 Å². The van der Waals surface area contributed by atoms with E-state index in [4.69, 9.17) is 4.74 Å². The quantitative estimate of drug-likeness (QED) is 0.360. The maximum Gasteiger partial charge on any atom is 0.413 e. The smallest absolute Gasteiger partial charge is 0.404 e. The zero-order valence-corrected chi connectivity index (χ0v) is 25.4. The lowest BCUT2D eigenvalue weighted by Crippen LogP contribution is -2.53. The molecule has 0 aliphatic carbocycles. The number of thioether (sulfide) groups is 1. The van der Waals surface area contributed by atoms with Crippen LogP contribution in [0, 0.1) is 0 Å². The summed E-state index contributed by atoms with van der Waals surface area (Å²) in [6.07, 6.45) is 3.06. The molecule has 3 heterocycles. The second-order valence-corrected chi connectivity index (χ2v) is 14.5. The number of aliphatic hydroxyl groups excluding tert-OH is 1. The van der Waals surface area contributed by atoms with E-state index < -0.39 is 22.2 Å². The molecule has 1 aromatic carbocycles. The minimum Gasteiger partial charge on any atom is -0.404 e. The van der Waals surface area contributed by atoms with Crippen molar-refractivity contribution in [2.75, 3.05) is 37.4 Å². The van der Waals surface area contributed by atoms with Gasteiger partial charge in [-0.3, -0.25) is 9.69 Å². The maximum atomic E-state index is 13.1. The Morgan fingerprint density at radius 2 is 1.90 bits per heavy atom. The standard InChI is InChI=1S/C28H42N4O6S2/c1-5-39-13-12-30(40(4,36)37)17-24(33)18-31-22-10-11-23(31)16-21(15-22)29-28(35)38-26-14-20-8-6-7-9-25(20)32(19(2)3)27(26)34/h6-9,14,19,21-24,33H,5,10-13,15-18H2,1-4H3,(H,29,35)/t21?,22-,23+,24?. The van der Waals surface area contributed by atoms with Gasteiger partial charge in [0.1, 0.15) is 0 Å². The highest BCUT2D eigenvalue weighted by atomic mass is 32.2. The summed E-state index contributed by atoms with van der Waals surface area (Å²) >= 11 is 1.67. The number of hydrogen-bond acceptors (Lipinski definition) is 8. The molecular formula is C28H42N4O6S2. The predicted octanol–water partition coefficient (Wildman–Crippen LogP) is 3.04. The van der Waals surface area contributed by atoms with Crippen molar-refractivity contribution in [2.24, 2.45) is 0 Å². The molecule has 2 bridgehead atoms. The van der Waals surface area contributed by atoms with Gasteiger partial charge in [0.2, 0.25) is 10.0 Å². The van der Waals surface area contributed by atoms with Gasteiger partial charge in [-0.05, 0) is 57.4 Å². The van der Waals surface area contributed by atoms with Crippen LogP contribution in [0.25, 0.3) is 10.9 Å². The van der Waals surface area contributed by atoms with Crippen molar-refractivity contribution in [2.45, 2.75) is 76.7 Å². The van der Waals surface area contributed by atoms with Gasteiger partial charge >= 0.3 is 6.09 Å². The highest BCUT2D eigenvalue weighted by Crippen LogP contribution is 2.36. The number of pyridine rings is 1. The van der Waals surface area contributed by atoms with Crippen LogP contribution in [0.1, 0.15) is 52.5 Å². The highest BCUT2D eigenvalue weighted by molar-refractivity contribution is 7.99. The van der Waals surface area contributed by atoms with Crippen LogP contribution in [0.15, 0.2) is 35.1 Å². The van der Waals surface area contributed by atoms with E-state index >= 15 is 0 Å². The second kappa shape index (κ2) is 13.2. The first-order valence-corrected chi connectivity index (χ1v) is 17.1. The minimum atomic E-state index is -3.41. The number of hydrogen-bond donors (Lipinski definition) is 2. The van der Waals surface area contributed by atoms with Gasteiger partial charge in [0.25, 0.3) is 5.56 Å². The van der Waals surface area contributed by atoms with Crippen LogP contribution in [0.4, 0.5) is 4.79 Å². The van der Waals surface area contributed by atoms with Gasteiger partial charge in [-0.1, -0.05) is 25.1 Å². The summed E-state index contributed by atoms with van der Waals surface area (Å²) < 4.78 is 33.0. The van der Waals surface area contributed by atoms with Crippen molar-refractivity contribution >= 4 is 38.8 Å². The molecule has 222 valence electrons. The summed E-state index contributed by atoms with van der Waals surface area (Å²) in [4.78, 5) is 28.2. The van der Waals surface area contributed by atoms with Gasteiger partial charge in [-0.2, -0.15) is 16.1 Å². The number of aromatic nitrogens is 1. The van der Waals surface area contributed by atoms with Gasteiger partial charge in [0, 0.05) is 54.9 Å². The molecule has 1 amide bonds. The third kappa shape index (κ3) is 7.39. The number of fused-ring (bicyclic) bond motifs is 3. The van der Waals surface area contributed by atoms with Crippen LogP contribution in [-0.2, 0) is 10.0 Å². The predicted molar refractivity (Wildman–Crippen MR) is 160 cm³/mol. The van der Waals surface area contributed by atoms with E-state index in [-0.39, 0.29) is 42.0 Å². The normalized spacial score (nSPS) is 22.2. The Hall–Kier alpha value is -2.12. The van der Waals surface area contributed by atoms with E-state index in [2.05, 4.69) is 10.2 Å². The Labute approximate surface area is 241 Å². The average molecular weight is 595 g/mol. The number of para-hydroxylation sites is 1. The third-order valence-corrected chi connectivity index (χ3v) is 9.98. The number of carbonyl (C=O) groups excluding carboxylic acids is 1. The number of sulfonamides is 1. The molecule has 2 aromatic rings. The number of rotatable bonds is 12. The molecular weight excluding hydrogens is 552 g/mol. The molecule has 10 nitrogen and oxygen atoms in total.